The van der Waals surface area contributed by atoms with Crippen molar-refractivity contribution >= 4 is 17.7 Å². The van der Waals surface area contributed by atoms with Crippen LogP contribution in [0, 0.1) is 5.82 Å². The summed E-state index contributed by atoms with van der Waals surface area (Å²) in [7, 11) is 1.39. The summed E-state index contributed by atoms with van der Waals surface area (Å²) in [6, 6.07) is 3.01. The molecule has 0 radical (unpaired) electrons. The lowest BCUT2D eigenvalue weighted by atomic mass is 10.0. The number of piperidine rings is 1. The first kappa shape index (κ1) is 13.7. The van der Waals surface area contributed by atoms with Crippen LogP contribution in [0.5, 0.6) is 0 Å². The number of hydrogen-bond acceptors (Lipinski definition) is 4. The van der Waals surface area contributed by atoms with Crippen LogP contribution in [0.1, 0.15) is 35.0 Å². The number of halogens is 1. The molecule has 1 aromatic carbocycles. The molecule has 2 aliphatic heterocycles. The molecule has 7 heteroatoms. The van der Waals surface area contributed by atoms with Gasteiger partial charge in [-0.15, -0.1) is 0 Å². The average molecular weight is 292 g/mol. The second-order valence-electron chi connectivity index (χ2n) is 5.00. The Balaban J connectivity index is 1.99. The van der Waals surface area contributed by atoms with E-state index in [0.29, 0.717) is 11.1 Å². The molecular weight excluding hydrogens is 279 g/mol. The van der Waals surface area contributed by atoms with Crippen molar-refractivity contribution in [1.29, 1.82) is 0 Å². The summed E-state index contributed by atoms with van der Waals surface area (Å²) in [6.07, 6.45) is -0.444. The molecule has 0 aliphatic carbocycles. The third kappa shape index (κ3) is 2.09. The highest BCUT2D eigenvalue weighted by Crippen LogP contribution is 2.37. The van der Waals surface area contributed by atoms with Crippen molar-refractivity contribution in [2.45, 2.75) is 25.1 Å². The fourth-order valence-corrected chi connectivity index (χ4v) is 2.82. The van der Waals surface area contributed by atoms with Crippen LogP contribution >= 0.6 is 0 Å². The highest BCUT2D eigenvalue weighted by molar-refractivity contribution is 6.05. The number of methoxy groups -OCH3 is 1. The number of nitrogens with zero attached hydrogens (tertiary/aromatic N) is 1. The molecule has 1 N–H and O–H groups in total. The molecule has 2 unspecified atom stereocenters. The van der Waals surface area contributed by atoms with Crippen LogP contribution in [0.2, 0.25) is 0 Å². The molecule has 2 aliphatic rings. The number of nitrogens with one attached hydrogen (secondary N) is 1. The molecule has 3 rings (SSSR count). The van der Waals surface area contributed by atoms with E-state index >= 15 is 0 Å². The minimum absolute atomic E-state index is 0.154. The molecule has 0 saturated carbocycles. The van der Waals surface area contributed by atoms with Gasteiger partial charge in [0.25, 0.3) is 5.91 Å². The van der Waals surface area contributed by atoms with Crippen molar-refractivity contribution in [2.24, 2.45) is 0 Å². The number of ether oxygens (including phenoxy) is 1. The smallest absolute Gasteiger partial charge is 0.257 e. The van der Waals surface area contributed by atoms with E-state index in [1.54, 1.807) is 0 Å². The van der Waals surface area contributed by atoms with Gasteiger partial charge in [-0.1, -0.05) is 0 Å². The molecule has 6 nitrogen and oxygen atoms in total. The van der Waals surface area contributed by atoms with Crippen LogP contribution in [-0.4, -0.2) is 35.8 Å². The Morgan fingerprint density at radius 2 is 2.10 bits per heavy atom. The number of amides is 3. The standard InChI is InChI=1S/C14H13FN2O4/c1-21-14-9-6-7(15)2-3-8(9)13(20)17(14)10-4-5-11(18)16-12(10)19/h2-3,6,10,14H,4-5H2,1H3,(H,16,18,19). The SMILES string of the molecule is COC1c2cc(F)ccc2C(=O)N1C1CCC(=O)NC1=O. The normalized spacial score (nSPS) is 25.0. The first-order chi connectivity index (χ1) is 10.0. The Morgan fingerprint density at radius 3 is 2.76 bits per heavy atom. The van der Waals surface area contributed by atoms with Gasteiger partial charge in [0, 0.05) is 24.7 Å². The van der Waals surface area contributed by atoms with Crippen molar-refractivity contribution in [3.05, 3.63) is 35.1 Å². The third-order valence-corrected chi connectivity index (χ3v) is 3.77. The van der Waals surface area contributed by atoms with Crippen LogP contribution in [0.3, 0.4) is 0 Å². The van der Waals surface area contributed by atoms with Gasteiger partial charge in [0.15, 0.2) is 6.23 Å². The molecular formula is C14H13FN2O4. The second kappa shape index (κ2) is 4.92. The van der Waals surface area contributed by atoms with Gasteiger partial charge >= 0.3 is 0 Å². The van der Waals surface area contributed by atoms with Gasteiger partial charge in [-0.2, -0.15) is 0 Å². The van der Waals surface area contributed by atoms with Gasteiger partial charge < -0.3 is 4.74 Å². The van der Waals surface area contributed by atoms with E-state index in [-0.39, 0.29) is 18.7 Å². The maximum atomic E-state index is 13.4. The maximum absolute atomic E-state index is 13.4. The van der Waals surface area contributed by atoms with Crippen molar-refractivity contribution in [2.75, 3.05) is 7.11 Å². The van der Waals surface area contributed by atoms with E-state index in [2.05, 4.69) is 5.32 Å². The topological polar surface area (TPSA) is 75.7 Å². The Kier molecular flexibility index (Phi) is 3.21. The lowest BCUT2D eigenvalue weighted by Crippen LogP contribution is -2.53. The average Bonchev–Trinajstić information content (AvgIpc) is 2.71. The zero-order valence-electron chi connectivity index (χ0n) is 11.3. The highest BCUT2D eigenvalue weighted by atomic mass is 19.1. The zero-order chi connectivity index (χ0) is 15.1. The van der Waals surface area contributed by atoms with Crippen molar-refractivity contribution in [3.8, 4) is 0 Å². The van der Waals surface area contributed by atoms with E-state index in [0.717, 1.165) is 0 Å². The van der Waals surface area contributed by atoms with E-state index in [1.807, 2.05) is 0 Å². The minimum atomic E-state index is -0.827. The van der Waals surface area contributed by atoms with Crippen molar-refractivity contribution in [3.63, 3.8) is 0 Å². The monoisotopic (exact) mass is 292 g/mol. The summed E-state index contributed by atoms with van der Waals surface area (Å²) in [5.74, 6) is -1.77. The predicted octanol–water partition coefficient (Wildman–Crippen LogP) is 0.732. The lowest BCUT2D eigenvalue weighted by molar-refractivity contribution is -0.140. The number of fused-ring (bicyclic) bond motifs is 1. The summed E-state index contributed by atoms with van der Waals surface area (Å²) < 4.78 is 18.7. The Bertz CT molecular complexity index is 646. The summed E-state index contributed by atoms with van der Waals surface area (Å²) >= 11 is 0. The number of benzene rings is 1. The van der Waals surface area contributed by atoms with E-state index in [4.69, 9.17) is 4.74 Å². The van der Waals surface area contributed by atoms with Gasteiger partial charge in [-0.3, -0.25) is 24.6 Å². The molecule has 0 spiro atoms. The summed E-state index contributed by atoms with van der Waals surface area (Å²) in [5, 5.41) is 2.21. The van der Waals surface area contributed by atoms with Gasteiger partial charge in [0.1, 0.15) is 11.9 Å². The van der Waals surface area contributed by atoms with E-state index < -0.39 is 29.9 Å². The lowest BCUT2D eigenvalue weighted by Gasteiger charge is -2.33. The van der Waals surface area contributed by atoms with Gasteiger partial charge in [-0.25, -0.2) is 4.39 Å². The largest absolute Gasteiger partial charge is 0.357 e. The summed E-state index contributed by atoms with van der Waals surface area (Å²) in [5.41, 5.74) is 0.708. The van der Waals surface area contributed by atoms with Crippen LogP contribution in [-0.2, 0) is 14.3 Å². The van der Waals surface area contributed by atoms with Crippen LogP contribution in [0.4, 0.5) is 4.39 Å². The number of carbonyl (C=O) groups is 3. The summed E-state index contributed by atoms with van der Waals surface area (Å²) in [6.45, 7) is 0. The molecule has 1 saturated heterocycles. The zero-order valence-corrected chi connectivity index (χ0v) is 11.3. The Morgan fingerprint density at radius 1 is 1.33 bits per heavy atom. The molecule has 110 valence electrons. The van der Waals surface area contributed by atoms with Gasteiger partial charge in [0.2, 0.25) is 11.8 Å². The van der Waals surface area contributed by atoms with Gasteiger partial charge in [0.05, 0.1) is 0 Å². The molecule has 0 bridgehead atoms. The third-order valence-electron chi connectivity index (χ3n) is 3.77. The fraction of sp³-hybridized carbons (Fsp3) is 0.357. The van der Waals surface area contributed by atoms with Gasteiger partial charge in [-0.05, 0) is 24.6 Å². The van der Waals surface area contributed by atoms with Crippen LogP contribution < -0.4 is 5.32 Å². The maximum Gasteiger partial charge on any atom is 0.257 e. The molecule has 2 atom stereocenters. The molecule has 2 heterocycles. The number of imide groups is 1. The predicted molar refractivity (Wildman–Crippen MR) is 68.5 cm³/mol. The van der Waals surface area contributed by atoms with E-state index in [9.17, 15) is 18.8 Å². The highest BCUT2D eigenvalue weighted by Gasteiger charge is 2.45. The summed E-state index contributed by atoms with van der Waals surface area (Å²) in [4.78, 5) is 36.9. The number of carbonyl (C=O) groups excluding carboxylic acids is 3. The molecule has 3 amide bonds. The minimum Gasteiger partial charge on any atom is -0.357 e. The fourth-order valence-electron chi connectivity index (χ4n) is 2.82. The second-order valence-corrected chi connectivity index (χ2v) is 5.00. The van der Waals surface area contributed by atoms with Crippen LogP contribution in [0.15, 0.2) is 18.2 Å². The number of rotatable bonds is 2. The molecule has 1 fully saturated rings. The molecule has 1 aromatic rings. The first-order valence-corrected chi connectivity index (χ1v) is 6.51. The van der Waals surface area contributed by atoms with Crippen molar-refractivity contribution in [1.82, 2.24) is 10.2 Å². The Labute approximate surface area is 119 Å². The number of hydrogen-bond donors (Lipinski definition) is 1. The quantitative estimate of drug-likeness (QED) is 0.815. The van der Waals surface area contributed by atoms with Crippen molar-refractivity contribution < 1.29 is 23.5 Å². The molecule has 0 aromatic heterocycles. The molecule has 21 heavy (non-hydrogen) atoms. The van der Waals surface area contributed by atoms with Crippen LogP contribution in [0.25, 0.3) is 0 Å². The Hall–Kier alpha value is -2.28. The van der Waals surface area contributed by atoms with E-state index in [1.165, 1.54) is 30.2 Å². The first-order valence-electron chi connectivity index (χ1n) is 6.51.